The first-order valence-corrected chi connectivity index (χ1v) is 15.9. The minimum atomic E-state index is -2.62. The number of rotatable bonds is 11. The van der Waals surface area contributed by atoms with Crippen LogP contribution in [0.1, 0.15) is 22.3 Å². The maximum atomic E-state index is 8.11. The van der Waals surface area contributed by atoms with E-state index in [1.165, 1.54) is 22.3 Å². The monoisotopic (exact) mass is 472 g/mol. The summed E-state index contributed by atoms with van der Waals surface area (Å²) >= 11 is 8.11. The van der Waals surface area contributed by atoms with Gasteiger partial charge in [0.15, 0.2) is 0 Å². The summed E-state index contributed by atoms with van der Waals surface area (Å²) < 4.78 is 0. The fraction of sp³-hybridized carbons (Fsp3) is 0.226. The van der Waals surface area contributed by atoms with Crippen LogP contribution < -0.4 is 0 Å². The summed E-state index contributed by atoms with van der Waals surface area (Å²) in [5.74, 6) is -2.62. The Morgan fingerprint density at radius 1 is 0.394 bits per heavy atom. The van der Waals surface area contributed by atoms with Crippen molar-refractivity contribution in [3.8, 4) is 0 Å². The van der Waals surface area contributed by atoms with Crippen LogP contribution in [-0.4, -0.2) is 18.5 Å². The van der Waals surface area contributed by atoms with Crippen molar-refractivity contribution >= 4 is 17.2 Å². The topological polar surface area (TPSA) is 0 Å². The molecule has 0 heterocycles. The van der Waals surface area contributed by atoms with Gasteiger partial charge in [0.2, 0.25) is 0 Å². The molecule has 0 aliphatic heterocycles. The Balaban J connectivity index is 1.66. The van der Waals surface area contributed by atoms with E-state index in [0.29, 0.717) is 0 Å². The molecule has 0 nitrogen and oxygen atoms in total. The van der Waals surface area contributed by atoms with Crippen LogP contribution in [0.15, 0.2) is 121 Å². The zero-order chi connectivity index (χ0) is 22.8. The second kappa shape index (κ2) is 11.1. The quantitative estimate of drug-likeness (QED) is 0.192. The van der Waals surface area contributed by atoms with E-state index >= 15 is 0 Å². The Morgan fingerprint density at radius 3 is 0.970 bits per heavy atom. The molecule has 0 saturated carbocycles. The molecule has 0 aliphatic rings. The van der Waals surface area contributed by atoms with Crippen molar-refractivity contribution in [3.05, 3.63) is 144 Å². The summed E-state index contributed by atoms with van der Waals surface area (Å²) in [5, 5.41) is 0. The zero-order valence-corrected chi connectivity index (χ0v) is 21.0. The fourth-order valence-corrected chi connectivity index (χ4v) is 10.7. The summed E-state index contributed by atoms with van der Waals surface area (Å²) in [6.07, 6.45) is 7.35. The van der Waals surface area contributed by atoms with Gasteiger partial charge in [0.1, 0.15) is 0 Å². The van der Waals surface area contributed by atoms with Gasteiger partial charge in [-0.05, 0) is 0 Å². The van der Waals surface area contributed by atoms with Crippen molar-refractivity contribution < 1.29 is 0 Å². The Labute approximate surface area is 204 Å². The van der Waals surface area contributed by atoms with E-state index in [1.54, 1.807) is 0 Å². The molecule has 4 aromatic carbocycles. The summed E-state index contributed by atoms with van der Waals surface area (Å²) in [6, 6.07) is 43.5. The summed E-state index contributed by atoms with van der Waals surface area (Å²) in [5.41, 5.74) is 5.54. The van der Waals surface area contributed by atoms with Crippen LogP contribution in [0.5, 0.6) is 0 Å². The number of hydrogen-bond donors (Lipinski definition) is 0. The van der Waals surface area contributed by atoms with Gasteiger partial charge in [-0.25, -0.2) is 0 Å². The molecule has 33 heavy (non-hydrogen) atoms. The van der Waals surface area contributed by atoms with E-state index in [0.717, 1.165) is 43.9 Å². The van der Waals surface area contributed by atoms with Crippen molar-refractivity contribution in [3.63, 3.8) is 0 Å². The molecule has 0 atom stereocenters. The summed E-state index contributed by atoms with van der Waals surface area (Å²) in [7, 11) is 0. The predicted octanol–water partition coefficient (Wildman–Crippen LogP) is 8.62. The van der Waals surface area contributed by atoms with Gasteiger partial charge < -0.3 is 0 Å². The molecule has 0 bridgehead atoms. The number of hydrogen-bond acceptors (Lipinski definition) is 0. The Kier molecular flexibility index (Phi) is 8.02. The molecule has 0 radical (unpaired) electrons. The van der Waals surface area contributed by atoms with Crippen LogP contribution >= 0.6 is 17.2 Å². The van der Waals surface area contributed by atoms with E-state index in [-0.39, 0.29) is 0 Å². The van der Waals surface area contributed by atoms with Gasteiger partial charge in [0.05, 0.1) is 0 Å². The van der Waals surface area contributed by atoms with E-state index in [4.69, 9.17) is 11.2 Å². The third kappa shape index (κ3) is 7.04. The van der Waals surface area contributed by atoms with Gasteiger partial charge in [-0.3, -0.25) is 0 Å². The zero-order valence-electron chi connectivity index (χ0n) is 19.3. The van der Waals surface area contributed by atoms with Crippen LogP contribution in [0.3, 0.4) is 0 Å². The molecule has 2 heteroatoms. The molecule has 0 saturated heterocycles. The van der Waals surface area contributed by atoms with E-state index in [9.17, 15) is 0 Å². The van der Waals surface area contributed by atoms with E-state index < -0.39 is 5.96 Å². The average molecular weight is 473 g/mol. The van der Waals surface area contributed by atoms with E-state index in [1.807, 2.05) is 0 Å². The molecule has 0 aromatic heterocycles. The van der Waals surface area contributed by atoms with Gasteiger partial charge in [-0.15, -0.1) is 0 Å². The molecule has 0 unspecified atom stereocenters. The Bertz CT molecular complexity index is 986. The molecular weight excluding hydrogens is 439 g/mol. The second-order valence-corrected chi connectivity index (χ2v) is 17.5. The number of benzene rings is 4. The van der Waals surface area contributed by atoms with Crippen molar-refractivity contribution in [1.29, 1.82) is 0 Å². The summed E-state index contributed by atoms with van der Waals surface area (Å²) in [4.78, 5) is 0. The first kappa shape index (κ1) is 23.7. The first-order chi connectivity index (χ1) is 16.1. The standard InChI is InChI=1S/C31H34ClP/c32-33(27-31-19-11-4-12-20-31,24-21-28-13-5-1-6-14-28,25-22-29-15-7-2-8-16-29)26-23-30-17-9-3-10-18-30/h1-20H,21-27H2. The third-order valence-electron chi connectivity index (χ3n) is 6.83. The molecular formula is C31H34ClP. The molecule has 0 aliphatic carbocycles. The second-order valence-electron chi connectivity index (χ2n) is 9.34. The van der Waals surface area contributed by atoms with Crippen molar-refractivity contribution in [2.75, 3.05) is 18.5 Å². The van der Waals surface area contributed by atoms with Gasteiger partial charge in [0, 0.05) is 0 Å². The van der Waals surface area contributed by atoms with E-state index in [2.05, 4.69) is 121 Å². The molecule has 0 amide bonds. The van der Waals surface area contributed by atoms with Gasteiger partial charge in [-0.1, -0.05) is 0 Å². The van der Waals surface area contributed by atoms with Gasteiger partial charge >= 0.3 is 205 Å². The van der Waals surface area contributed by atoms with Crippen LogP contribution in [0.2, 0.25) is 0 Å². The van der Waals surface area contributed by atoms with Crippen LogP contribution in [0, 0.1) is 0 Å². The van der Waals surface area contributed by atoms with Crippen LogP contribution in [0.4, 0.5) is 0 Å². The number of aryl methyl sites for hydroxylation is 3. The summed E-state index contributed by atoms with van der Waals surface area (Å²) in [6.45, 7) is 0. The third-order valence-corrected chi connectivity index (χ3v) is 13.9. The maximum absolute atomic E-state index is 8.11. The molecule has 0 fully saturated rings. The Hall–Kier alpha value is -2.40. The van der Waals surface area contributed by atoms with Crippen LogP contribution in [-0.2, 0) is 25.4 Å². The van der Waals surface area contributed by atoms with Gasteiger partial charge in [-0.2, -0.15) is 0 Å². The molecule has 4 rings (SSSR count). The van der Waals surface area contributed by atoms with Crippen molar-refractivity contribution in [1.82, 2.24) is 0 Å². The van der Waals surface area contributed by atoms with Crippen LogP contribution in [0.25, 0.3) is 0 Å². The SMILES string of the molecule is ClP(CCc1ccccc1)(CCc1ccccc1)(CCc1ccccc1)Cc1ccccc1. The fourth-order valence-electron chi connectivity index (χ4n) is 4.77. The van der Waals surface area contributed by atoms with Gasteiger partial charge in [0.25, 0.3) is 0 Å². The normalized spacial score (nSPS) is 12.7. The molecule has 0 N–H and O–H groups in total. The minimum absolute atomic E-state index is 1.00. The first-order valence-electron chi connectivity index (χ1n) is 12.0. The molecule has 4 aromatic rings. The predicted molar refractivity (Wildman–Crippen MR) is 148 cm³/mol. The van der Waals surface area contributed by atoms with Crippen molar-refractivity contribution in [2.45, 2.75) is 25.4 Å². The average Bonchev–Trinajstić information content (AvgIpc) is 2.88. The molecule has 0 spiro atoms. The van der Waals surface area contributed by atoms with Crippen molar-refractivity contribution in [2.24, 2.45) is 0 Å². The Morgan fingerprint density at radius 2 is 0.667 bits per heavy atom. The molecule has 170 valence electrons. The number of halogens is 1.